The minimum atomic E-state index is -4.83. The van der Waals surface area contributed by atoms with E-state index in [-0.39, 0.29) is 24.5 Å². The Morgan fingerprint density at radius 3 is 2.40 bits per heavy atom. The van der Waals surface area contributed by atoms with Crippen molar-refractivity contribution in [3.05, 3.63) is 23.0 Å². The molecule has 0 N–H and O–H groups in total. The van der Waals surface area contributed by atoms with Crippen molar-refractivity contribution in [3.8, 4) is 5.75 Å². The van der Waals surface area contributed by atoms with Gasteiger partial charge in [0.25, 0.3) is 5.92 Å². The van der Waals surface area contributed by atoms with Gasteiger partial charge >= 0.3 is 6.18 Å². The molecule has 0 amide bonds. The van der Waals surface area contributed by atoms with Gasteiger partial charge in [-0.2, -0.15) is 13.2 Å². The summed E-state index contributed by atoms with van der Waals surface area (Å²) in [7, 11) is 0. The third-order valence-corrected chi connectivity index (χ3v) is 4.47. The van der Waals surface area contributed by atoms with E-state index in [1.807, 2.05) is 0 Å². The first-order valence-electron chi connectivity index (χ1n) is 7.58. The zero-order valence-corrected chi connectivity index (χ0v) is 12.7. The van der Waals surface area contributed by atoms with Crippen LogP contribution < -0.4 is 4.74 Å². The largest absolute Gasteiger partial charge is 0.488 e. The number of hydrogen-bond donors (Lipinski definition) is 0. The van der Waals surface area contributed by atoms with Crippen LogP contribution in [-0.4, -0.2) is 36.0 Å². The second-order valence-corrected chi connectivity index (χ2v) is 6.27. The molecule has 136 valence electrons. The maximum Gasteiger partial charge on any atom is 0.433 e. The molecule has 1 spiro atoms. The third kappa shape index (κ3) is 2.58. The summed E-state index contributed by atoms with van der Waals surface area (Å²) in [6.45, 7) is 0.0634. The Morgan fingerprint density at radius 2 is 1.84 bits per heavy atom. The van der Waals surface area contributed by atoms with Gasteiger partial charge in [0.05, 0.1) is 37.0 Å². The number of rotatable bonds is 2. The summed E-state index contributed by atoms with van der Waals surface area (Å²) < 4.78 is 81.9. The number of ketones is 1. The average Bonchev–Trinajstić information content (AvgIpc) is 3.03. The Kier molecular flexibility index (Phi) is 3.40. The van der Waals surface area contributed by atoms with Gasteiger partial charge < -0.3 is 14.2 Å². The van der Waals surface area contributed by atoms with Crippen molar-refractivity contribution in [1.82, 2.24) is 4.98 Å². The molecular formula is C15H12F5NO4. The number of carbonyl (C=O) groups is 1. The Bertz CT molecular complexity index is 734. The number of halogens is 5. The van der Waals surface area contributed by atoms with Crippen molar-refractivity contribution in [3.63, 3.8) is 0 Å². The molecule has 5 nitrogen and oxygen atoms in total. The Morgan fingerprint density at radius 1 is 1.20 bits per heavy atom. The predicted molar refractivity (Wildman–Crippen MR) is 70.4 cm³/mol. The minimum Gasteiger partial charge on any atom is -0.488 e. The molecule has 1 saturated heterocycles. The van der Waals surface area contributed by atoms with E-state index in [0.717, 1.165) is 6.20 Å². The molecule has 1 aromatic rings. The molecule has 1 aliphatic heterocycles. The van der Waals surface area contributed by atoms with Gasteiger partial charge in [-0.25, -0.2) is 13.8 Å². The van der Waals surface area contributed by atoms with Gasteiger partial charge in [0.15, 0.2) is 11.5 Å². The van der Waals surface area contributed by atoms with E-state index in [4.69, 9.17) is 14.2 Å². The van der Waals surface area contributed by atoms with E-state index < -0.39 is 60.3 Å². The Hall–Kier alpha value is -1.81. The van der Waals surface area contributed by atoms with E-state index in [1.165, 1.54) is 0 Å². The number of pyridine rings is 1. The lowest BCUT2D eigenvalue weighted by molar-refractivity contribution is -0.173. The summed E-state index contributed by atoms with van der Waals surface area (Å²) in [5, 5.41) is 0. The number of aromatic nitrogens is 1. The summed E-state index contributed by atoms with van der Waals surface area (Å²) >= 11 is 0. The van der Waals surface area contributed by atoms with Gasteiger partial charge in [0.1, 0.15) is 11.9 Å². The fraction of sp³-hybridized carbons (Fsp3) is 0.600. The molecule has 0 radical (unpaired) electrons. The maximum absolute atomic E-state index is 13.4. The summed E-state index contributed by atoms with van der Waals surface area (Å²) in [5.41, 5.74) is -2.16. The molecule has 0 unspecified atom stereocenters. The number of alkyl halides is 5. The lowest BCUT2D eigenvalue weighted by atomic mass is 9.91. The summed E-state index contributed by atoms with van der Waals surface area (Å²) in [6.07, 6.45) is -6.52. The van der Waals surface area contributed by atoms with Crippen LogP contribution in [0.15, 0.2) is 6.20 Å². The first kappa shape index (κ1) is 16.6. The smallest absolute Gasteiger partial charge is 0.433 e. The van der Waals surface area contributed by atoms with E-state index in [0.29, 0.717) is 0 Å². The highest BCUT2D eigenvalue weighted by Gasteiger charge is 2.56. The van der Waals surface area contributed by atoms with Crippen LogP contribution in [0.4, 0.5) is 22.0 Å². The minimum absolute atomic E-state index is 0.0317. The van der Waals surface area contributed by atoms with Crippen LogP contribution >= 0.6 is 0 Å². The molecule has 3 aliphatic rings. The van der Waals surface area contributed by atoms with Gasteiger partial charge in [-0.15, -0.1) is 0 Å². The zero-order chi connectivity index (χ0) is 18.0. The van der Waals surface area contributed by atoms with Crippen LogP contribution in [0.1, 0.15) is 40.9 Å². The Balaban J connectivity index is 1.79. The highest BCUT2D eigenvalue weighted by molar-refractivity contribution is 6.04. The monoisotopic (exact) mass is 365 g/mol. The fourth-order valence-corrected chi connectivity index (χ4v) is 3.40. The molecule has 0 bridgehead atoms. The number of carbonyl (C=O) groups excluding carboxylic acids is 1. The average molecular weight is 365 g/mol. The molecular weight excluding hydrogens is 353 g/mol. The molecule has 0 atom stereocenters. The normalized spacial score (nSPS) is 24.4. The molecule has 0 aromatic carbocycles. The lowest BCUT2D eigenvalue weighted by Gasteiger charge is -2.35. The molecule has 1 aromatic heterocycles. The lowest BCUT2D eigenvalue weighted by Crippen LogP contribution is -2.43. The number of ether oxygens (including phenoxy) is 3. The first-order valence-corrected chi connectivity index (χ1v) is 7.58. The van der Waals surface area contributed by atoms with Gasteiger partial charge in [-0.1, -0.05) is 0 Å². The highest BCUT2D eigenvalue weighted by atomic mass is 19.4. The highest BCUT2D eigenvalue weighted by Crippen LogP contribution is 2.51. The zero-order valence-electron chi connectivity index (χ0n) is 12.7. The molecule has 2 heterocycles. The second-order valence-electron chi connectivity index (χ2n) is 6.27. The fourth-order valence-electron chi connectivity index (χ4n) is 3.40. The molecule has 2 aliphatic carbocycles. The van der Waals surface area contributed by atoms with Crippen molar-refractivity contribution in [2.45, 2.75) is 43.3 Å². The van der Waals surface area contributed by atoms with Crippen LogP contribution in [0.25, 0.3) is 0 Å². The van der Waals surface area contributed by atoms with Gasteiger partial charge in [0.2, 0.25) is 5.79 Å². The molecule has 10 heteroatoms. The first-order chi connectivity index (χ1) is 11.6. The van der Waals surface area contributed by atoms with Crippen LogP contribution in [0.5, 0.6) is 5.75 Å². The van der Waals surface area contributed by atoms with E-state index >= 15 is 0 Å². The predicted octanol–water partition coefficient (Wildman–Crippen LogP) is 3.06. The van der Waals surface area contributed by atoms with Gasteiger partial charge in [0, 0.05) is 12.8 Å². The quantitative estimate of drug-likeness (QED) is 0.754. The van der Waals surface area contributed by atoms with E-state index in [1.54, 1.807) is 0 Å². The number of Topliss-reactive ketones (excluding diaryl/α,β-unsaturated/α-hetero) is 1. The number of hydrogen-bond acceptors (Lipinski definition) is 5. The van der Waals surface area contributed by atoms with Crippen molar-refractivity contribution in [1.29, 1.82) is 0 Å². The second kappa shape index (κ2) is 5.10. The van der Waals surface area contributed by atoms with Crippen molar-refractivity contribution in [2.75, 3.05) is 13.2 Å². The van der Waals surface area contributed by atoms with Crippen molar-refractivity contribution in [2.24, 2.45) is 0 Å². The van der Waals surface area contributed by atoms with Crippen molar-refractivity contribution >= 4 is 5.78 Å². The molecule has 2 fully saturated rings. The third-order valence-electron chi connectivity index (χ3n) is 4.47. The van der Waals surface area contributed by atoms with Gasteiger partial charge in [-0.05, 0) is 0 Å². The van der Waals surface area contributed by atoms with E-state index in [9.17, 15) is 26.7 Å². The van der Waals surface area contributed by atoms with Gasteiger partial charge in [-0.3, -0.25) is 4.79 Å². The van der Waals surface area contributed by atoms with Crippen LogP contribution in [0, 0.1) is 0 Å². The van der Waals surface area contributed by atoms with Crippen molar-refractivity contribution < 1.29 is 41.0 Å². The standard InChI is InChI=1S/C15H12F5NO4/c16-13(17)3-7(4-13)25-9-6-21-12(15(18,19)20)11-10(9)8(22)5-14(11)23-1-2-24-14/h6-7H,1-5H2. The molecule has 1 saturated carbocycles. The SMILES string of the molecule is O=C1CC2(OCCO2)c2c(C(F)(F)F)ncc(OC3CC(F)(F)C3)c21. The van der Waals surface area contributed by atoms with Crippen LogP contribution in [0.3, 0.4) is 0 Å². The number of fused-ring (bicyclic) bond motifs is 2. The summed E-state index contributed by atoms with van der Waals surface area (Å²) in [5.74, 6) is -5.61. The molecule has 4 rings (SSSR count). The Labute approximate surface area is 138 Å². The van der Waals surface area contributed by atoms with Crippen LogP contribution in [-0.2, 0) is 21.4 Å². The van der Waals surface area contributed by atoms with E-state index in [2.05, 4.69) is 4.98 Å². The number of nitrogens with zero attached hydrogens (tertiary/aromatic N) is 1. The van der Waals surface area contributed by atoms with Crippen LogP contribution in [0.2, 0.25) is 0 Å². The maximum atomic E-state index is 13.4. The molecule has 25 heavy (non-hydrogen) atoms. The topological polar surface area (TPSA) is 57.7 Å². The summed E-state index contributed by atoms with van der Waals surface area (Å²) in [4.78, 5) is 15.7. The summed E-state index contributed by atoms with van der Waals surface area (Å²) in [6, 6.07) is 0.